The summed E-state index contributed by atoms with van der Waals surface area (Å²) in [4.78, 5) is 32.4. The fourth-order valence-corrected chi connectivity index (χ4v) is 3.52. The van der Waals surface area contributed by atoms with Gasteiger partial charge in [-0.15, -0.1) is 0 Å². The van der Waals surface area contributed by atoms with Gasteiger partial charge >= 0.3 is 0 Å². The standard InChI is InChI=1S/C23H21N3O4/c1-29-18-12-11-16(14-19(18)30-2)15-23(25-21(27)17-8-4-3-5-9-17)22(28)26-13-7-6-10-20(26)24-23/h3-14H,15H2,1-2H3,(H,25,27). The summed E-state index contributed by atoms with van der Waals surface area (Å²) in [6.07, 6.45) is 7.10. The monoisotopic (exact) mass is 403 g/mol. The number of hydrogen-bond donors (Lipinski definition) is 1. The highest BCUT2D eigenvalue weighted by molar-refractivity contribution is 6.15. The molecule has 7 heteroatoms. The molecule has 0 spiro atoms. The van der Waals surface area contributed by atoms with Crippen molar-refractivity contribution in [1.82, 2.24) is 10.2 Å². The summed E-state index contributed by atoms with van der Waals surface area (Å²) in [5.74, 6) is 0.904. The summed E-state index contributed by atoms with van der Waals surface area (Å²) >= 11 is 0. The molecule has 0 aliphatic carbocycles. The number of methoxy groups -OCH3 is 2. The Morgan fingerprint density at radius 1 is 1.07 bits per heavy atom. The second-order valence-corrected chi connectivity index (χ2v) is 6.89. The van der Waals surface area contributed by atoms with E-state index in [2.05, 4.69) is 10.3 Å². The Hall–Kier alpha value is -3.87. The molecule has 1 N–H and O–H groups in total. The van der Waals surface area contributed by atoms with Gasteiger partial charge in [0.25, 0.3) is 11.8 Å². The molecule has 1 atom stereocenters. The highest BCUT2D eigenvalue weighted by Gasteiger charge is 2.49. The maximum absolute atomic E-state index is 13.4. The number of benzene rings is 2. The molecule has 0 radical (unpaired) electrons. The molecule has 2 aromatic rings. The van der Waals surface area contributed by atoms with Crippen LogP contribution in [-0.2, 0) is 11.2 Å². The van der Waals surface area contributed by atoms with Crippen molar-refractivity contribution in [3.05, 3.63) is 84.1 Å². The third-order valence-corrected chi connectivity index (χ3v) is 4.98. The third-order valence-electron chi connectivity index (χ3n) is 4.98. The smallest absolute Gasteiger partial charge is 0.281 e. The molecule has 0 saturated heterocycles. The van der Waals surface area contributed by atoms with E-state index in [1.807, 2.05) is 12.1 Å². The van der Waals surface area contributed by atoms with Crippen LogP contribution in [0.1, 0.15) is 15.9 Å². The van der Waals surface area contributed by atoms with E-state index in [9.17, 15) is 9.59 Å². The number of hydrogen-bond acceptors (Lipinski definition) is 5. The number of carbonyl (C=O) groups excluding carboxylic acids is 2. The molecule has 7 nitrogen and oxygen atoms in total. The van der Waals surface area contributed by atoms with Crippen LogP contribution in [0, 0.1) is 0 Å². The van der Waals surface area contributed by atoms with Crippen LogP contribution in [0.2, 0.25) is 0 Å². The number of amides is 2. The lowest BCUT2D eigenvalue weighted by molar-refractivity contribution is -0.130. The highest BCUT2D eigenvalue weighted by atomic mass is 16.5. The van der Waals surface area contributed by atoms with Crippen LogP contribution >= 0.6 is 0 Å². The zero-order valence-corrected chi connectivity index (χ0v) is 16.7. The van der Waals surface area contributed by atoms with Crippen LogP contribution < -0.4 is 14.8 Å². The quantitative estimate of drug-likeness (QED) is 0.804. The second kappa shape index (κ2) is 7.87. The molecule has 1 unspecified atom stereocenters. The van der Waals surface area contributed by atoms with Gasteiger partial charge in [0, 0.05) is 18.2 Å². The van der Waals surface area contributed by atoms with Gasteiger partial charge < -0.3 is 14.8 Å². The molecule has 0 aromatic heterocycles. The third kappa shape index (κ3) is 3.45. The predicted octanol–water partition coefficient (Wildman–Crippen LogP) is 2.70. The van der Waals surface area contributed by atoms with Crippen LogP contribution in [0.15, 0.2) is 78.0 Å². The minimum atomic E-state index is -1.47. The van der Waals surface area contributed by atoms with Gasteiger partial charge in [-0.05, 0) is 42.0 Å². The average Bonchev–Trinajstić information content (AvgIpc) is 3.05. The van der Waals surface area contributed by atoms with Crippen molar-refractivity contribution in [2.45, 2.75) is 12.1 Å². The molecular weight excluding hydrogens is 382 g/mol. The van der Waals surface area contributed by atoms with Crippen LogP contribution in [-0.4, -0.2) is 42.4 Å². The van der Waals surface area contributed by atoms with Gasteiger partial charge in [-0.1, -0.05) is 30.3 Å². The molecule has 0 fully saturated rings. The number of nitrogens with zero attached hydrogens (tertiary/aromatic N) is 2. The van der Waals surface area contributed by atoms with Crippen LogP contribution in [0.25, 0.3) is 0 Å². The minimum absolute atomic E-state index is 0.159. The number of rotatable bonds is 6. The SMILES string of the molecule is COc1ccc(CC2(NC(=O)c3ccccc3)N=C3C=CC=CN3C2=O)cc1OC. The zero-order valence-electron chi connectivity index (χ0n) is 16.7. The van der Waals surface area contributed by atoms with Crippen molar-refractivity contribution in [2.75, 3.05) is 14.2 Å². The van der Waals surface area contributed by atoms with Crippen molar-refractivity contribution in [1.29, 1.82) is 0 Å². The van der Waals surface area contributed by atoms with Crippen molar-refractivity contribution in [2.24, 2.45) is 4.99 Å². The second-order valence-electron chi connectivity index (χ2n) is 6.89. The Balaban J connectivity index is 1.73. The van der Waals surface area contributed by atoms with Crippen molar-refractivity contribution in [3.8, 4) is 11.5 Å². The molecule has 2 aliphatic heterocycles. The van der Waals surface area contributed by atoms with Crippen LogP contribution in [0.4, 0.5) is 0 Å². The topological polar surface area (TPSA) is 80.2 Å². The van der Waals surface area contributed by atoms with Gasteiger partial charge in [0.1, 0.15) is 5.84 Å². The van der Waals surface area contributed by atoms with Crippen LogP contribution in [0.3, 0.4) is 0 Å². The summed E-state index contributed by atoms with van der Waals surface area (Å²) in [6, 6.07) is 14.1. The molecule has 2 aliphatic rings. The maximum Gasteiger partial charge on any atom is 0.281 e. The van der Waals surface area contributed by atoms with E-state index in [0.717, 1.165) is 5.56 Å². The first-order valence-electron chi connectivity index (χ1n) is 9.43. The van der Waals surface area contributed by atoms with Crippen molar-refractivity contribution < 1.29 is 19.1 Å². The number of nitrogens with one attached hydrogen (secondary N) is 1. The Morgan fingerprint density at radius 3 is 2.53 bits per heavy atom. The average molecular weight is 403 g/mol. The predicted molar refractivity (Wildman–Crippen MR) is 112 cm³/mol. The number of carbonyl (C=O) groups is 2. The molecule has 2 aromatic carbocycles. The molecule has 0 bridgehead atoms. The molecular formula is C23H21N3O4. The lowest BCUT2D eigenvalue weighted by Gasteiger charge is -2.27. The van der Waals surface area contributed by atoms with E-state index in [-0.39, 0.29) is 18.2 Å². The molecule has 0 saturated carbocycles. The Morgan fingerprint density at radius 2 is 1.83 bits per heavy atom. The summed E-state index contributed by atoms with van der Waals surface area (Å²) in [5.41, 5.74) is -0.249. The van der Waals surface area contributed by atoms with E-state index >= 15 is 0 Å². The number of amidine groups is 1. The Kier molecular flexibility index (Phi) is 5.10. The van der Waals surface area contributed by atoms with E-state index in [1.54, 1.807) is 75.0 Å². The van der Waals surface area contributed by atoms with Gasteiger partial charge in [0.05, 0.1) is 14.2 Å². The Bertz CT molecular complexity index is 1080. The molecule has 152 valence electrons. The maximum atomic E-state index is 13.4. The van der Waals surface area contributed by atoms with Crippen molar-refractivity contribution in [3.63, 3.8) is 0 Å². The van der Waals surface area contributed by atoms with Gasteiger partial charge in [0.15, 0.2) is 11.5 Å². The van der Waals surface area contributed by atoms with Gasteiger partial charge in [-0.25, -0.2) is 4.99 Å². The lowest BCUT2D eigenvalue weighted by atomic mass is 9.98. The summed E-state index contributed by atoms with van der Waals surface area (Å²) in [5, 5.41) is 2.87. The summed E-state index contributed by atoms with van der Waals surface area (Å²) < 4.78 is 10.7. The largest absolute Gasteiger partial charge is 0.493 e. The van der Waals surface area contributed by atoms with Gasteiger partial charge in [-0.3, -0.25) is 14.5 Å². The highest BCUT2D eigenvalue weighted by Crippen LogP contribution is 2.32. The fourth-order valence-electron chi connectivity index (χ4n) is 3.52. The molecule has 2 amide bonds. The van der Waals surface area contributed by atoms with E-state index < -0.39 is 5.66 Å². The minimum Gasteiger partial charge on any atom is -0.493 e. The first-order chi connectivity index (χ1) is 14.6. The molecule has 30 heavy (non-hydrogen) atoms. The van der Waals surface area contributed by atoms with Gasteiger partial charge in [-0.2, -0.15) is 0 Å². The number of aliphatic imine (C=N–C) groups is 1. The van der Waals surface area contributed by atoms with Crippen molar-refractivity contribution >= 4 is 17.6 Å². The van der Waals surface area contributed by atoms with E-state index in [1.165, 1.54) is 4.90 Å². The van der Waals surface area contributed by atoms with Crippen LogP contribution in [0.5, 0.6) is 11.5 Å². The first-order valence-corrected chi connectivity index (χ1v) is 9.43. The zero-order chi connectivity index (χ0) is 21.1. The van der Waals surface area contributed by atoms with Gasteiger partial charge in [0.2, 0.25) is 5.66 Å². The van der Waals surface area contributed by atoms with E-state index in [4.69, 9.17) is 9.47 Å². The first kappa shape index (κ1) is 19.4. The fraction of sp³-hybridized carbons (Fsp3) is 0.174. The number of fused-ring (bicyclic) bond motifs is 1. The molecule has 4 rings (SSSR count). The number of ether oxygens (including phenoxy) is 2. The number of allylic oxidation sites excluding steroid dienone is 2. The summed E-state index contributed by atoms with van der Waals surface area (Å²) in [6.45, 7) is 0. The van der Waals surface area contributed by atoms with E-state index in [0.29, 0.717) is 22.9 Å². The molecule has 2 heterocycles. The Labute approximate surface area is 174 Å². The lowest BCUT2D eigenvalue weighted by Crippen LogP contribution is -2.55. The summed E-state index contributed by atoms with van der Waals surface area (Å²) in [7, 11) is 3.10. The normalized spacial score (nSPS) is 19.3.